The lowest BCUT2D eigenvalue weighted by Gasteiger charge is -2.18. The second-order valence-corrected chi connectivity index (χ2v) is 4.23. The summed E-state index contributed by atoms with van der Waals surface area (Å²) in [5, 5.41) is 13.5. The van der Waals surface area contributed by atoms with Gasteiger partial charge in [0, 0.05) is 0 Å². The van der Waals surface area contributed by atoms with Gasteiger partial charge in [-0.1, -0.05) is 24.3 Å². The second kappa shape index (κ2) is 3.04. The predicted octanol–water partition coefficient (Wildman–Crippen LogP) is 1.87. The van der Waals surface area contributed by atoms with E-state index in [0.29, 0.717) is 6.42 Å². The van der Waals surface area contributed by atoms with Crippen molar-refractivity contribution < 1.29 is 9.90 Å². The summed E-state index contributed by atoms with van der Waals surface area (Å²) < 4.78 is 0. The van der Waals surface area contributed by atoms with Crippen LogP contribution in [0, 0.1) is 10.8 Å². The summed E-state index contributed by atoms with van der Waals surface area (Å²) in [5.41, 5.74) is 1.98. The van der Waals surface area contributed by atoms with Crippen LogP contribution in [0.1, 0.15) is 29.6 Å². The minimum Gasteiger partial charge on any atom is -0.481 e. The molecular weight excluding hydrogens is 208 g/mol. The van der Waals surface area contributed by atoms with E-state index in [1.807, 2.05) is 24.3 Å². The van der Waals surface area contributed by atoms with E-state index in [-0.39, 0.29) is 12.1 Å². The van der Waals surface area contributed by atoms with E-state index < -0.39 is 11.9 Å². The SMILES string of the molecule is O=NN1C2CC(C(=O)O)C1c1ccccc12. The van der Waals surface area contributed by atoms with Crippen LogP contribution in [-0.2, 0) is 4.79 Å². The van der Waals surface area contributed by atoms with Gasteiger partial charge >= 0.3 is 5.97 Å². The second-order valence-electron chi connectivity index (χ2n) is 4.23. The van der Waals surface area contributed by atoms with Crippen molar-refractivity contribution in [2.45, 2.75) is 18.5 Å². The van der Waals surface area contributed by atoms with Crippen LogP contribution in [0.5, 0.6) is 0 Å². The molecule has 1 aromatic rings. The molecule has 3 rings (SSSR count). The fourth-order valence-corrected chi connectivity index (χ4v) is 2.91. The number of rotatable bonds is 2. The van der Waals surface area contributed by atoms with Gasteiger partial charge in [0.25, 0.3) is 0 Å². The maximum atomic E-state index is 11.1. The lowest BCUT2D eigenvalue weighted by Crippen LogP contribution is -2.22. The Morgan fingerprint density at radius 3 is 2.69 bits per heavy atom. The number of carboxylic acid groups (broad SMARTS) is 1. The maximum Gasteiger partial charge on any atom is 0.309 e. The van der Waals surface area contributed by atoms with E-state index in [4.69, 9.17) is 5.11 Å². The number of carbonyl (C=O) groups is 1. The summed E-state index contributed by atoms with van der Waals surface area (Å²) in [5.74, 6) is -1.37. The zero-order valence-corrected chi connectivity index (χ0v) is 8.41. The fourth-order valence-electron chi connectivity index (χ4n) is 2.91. The van der Waals surface area contributed by atoms with Gasteiger partial charge in [-0.05, 0) is 17.5 Å². The highest BCUT2D eigenvalue weighted by Crippen LogP contribution is 2.56. The summed E-state index contributed by atoms with van der Waals surface area (Å²) in [6.45, 7) is 0. The van der Waals surface area contributed by atoms with Crippen LogP contribution in [0.25, 0.3) is 0 Å². The van der Waals surface area contributed by atoms with Gasteiger partial charge in [-0.25, -0.2) is 5.01 Å². The molecule has 2 aliphatic rings. The van der Waals surface area contributed by atoms with Crippen molar-refractivity contribution in [3.8, 4) is 0 Å². The topological polar surface area (TPSA) is 70.0 Å². The molecule has 2 bridgehead atoms. The zero-order valence-electron chi connectivity index (χ0n) is 8.41. The number of benzene rings is 1. The van der Waals surface area contributed by atoms with Crippen LogP contribution >= 0.6 is 0 Å². The average Bonchev–Trinajstić information content (AvgIpc) is 2.81. The fraction of sp³-hybridized carbons (Fsp3) is 0.364. The summed E-state index contributed by atoms with van der Waals surface area (Å²) in [6.07, 6.45) is 0.475. The van der Waals surface area contributed by atoms with Crippen molar-refractivity contribution in [3.63, 3.8) is 0 Å². The molecule has 1 N–H and O–H groups in total. The van der Waals surface area contributed by atoms with Gasteiger partial charge in [-0.15, -0.1) is 4.91 Å². The molecule has 0 aromatic heterocycles. The largest absolute Gasteiger partial charge is 0.481 e. The number of hydrogen-bond acceptors (Lipinski definition) is 3. The van der Waals surface area contributed by atoms with E-state index in [0.717, 1.165) is 11.1 Å². The molecule has 0 amide bonds. The first-order valence-corrected chi connectivity index (χ1v) is 5.17. The van der Waals surface area contributed by atoms with Crippen LogP contribution in [0.2, 0.25) is 0 Å². The Morgan fingerprint density at radius 2 is 2.06 bits per heavy atom. The van der Waals surface area contributed by atoms with Crippen molar-refractivity contribution >= 4 is 5.97 Å². The number of carboxylic acids is 1. The van der Waals surface area contributed by atoms with E-state index >= 15 is 0 Å². The Morgan fingerprint density at radius 1 is 1.38 bits per heavy atom. The standard InChI is InChI=1S/C11H10N2O3/c14-11(15)8-5-9-6-3-1-2-4-7(6)10(8)13(9)12-16/h1-4,8-10H,5H2,(H,14,15). The van der Waals surface area contributed by atoms with Crippen molar-refractivity contribution in [2.24, 2.45) is 11.2 Å². The van der Waals surface area contributed by atoms with Crippen molar-refractivity contribution in [2.75, 3.05) is 0 Å². The van der Waals surface area contributed by atoms with E-state index in [9.17, 15) is 9.70 Å². The summed E-state index contributed by atoms with van der Waals surface area (Å²) in [6, 6.07) is 7.06. The van der Waals surface area contributed by atoms with Crippen LogP contribution in [0.4, 0.5) is 0 Å². The Kier molecular flexibility index (Phi) is 1.77. The molecule has 0 aliphatic carbocycles. The molecule has 3 unspecified atom stereocenters. The normalized spacial score (nSPS) is 30.2. The molecule has 3 atom stereocenters. The number of fused-ring (bicyclic) bond motifs is 5. The first-order valence-electron chi connectivity index (χ1n) is 5.17. The van der Waals surface area contributed by atoms with Gasteiger partial charge in [0.15, 0.2) is 0 Å². The number of hydrogen-bond donors (Lipinski definition) is 1. The molecule has 5 heteroatoms. The smallest absolute Gasteiger partial charge is 0.309 e. The van der Waals surface area contributed by atoms with Gasteiger partial charge in [0.2, 0.25) is 0 Å². The monoisotopic (exact) mass is 218 g/mol. The quantitative estimate of drug-likeness (QED) is 0.769. The predicted molar refractivity (Wildman–Crippen MR) is 55.3 cm³/mol. The van der Waals surface area contributed by atoms with E-state index in [2.05, 4.69) is 5.29 Å². The third kappa shape index (κ3) is 0.973. The molecule has 2 heterocycles. The van der Waals surface area contributed by atoms with E-state index in [1.165, 1.54) is 5.01 Å². The summed E-state index contributed by atoms with van der Waals surface area (Å²) >= 11 is 0. The molecule has 0 saturated carbocycles. The lowest BCUT2D eigenvalue weighted by atomic mass is 9.84. The van der Waals surface area contributed by atoms with Crippen molar-refractivity contribution in [1.82, 2.24) is 5.01 Å². The highest BCUT2D eigenvalue weighted by atomic mass is 16.4. The van der Waals surface area contributed by atoms with Crippen LogP contribution in [0.15, 0.2) is 29.6 Å². The van der Waals surface area contributed by atoms with Crippen molar-refractivity contribution in [3.05, 3.63) is 40.3 Å². The molecule has 1 saturated heterocycles. The zero-order chi connectivity index (χ0) is 11.3. The Labute approximate surface area is 91.6 Å². The average molecular weight is 218 g/mol. The molecule has 16 heavy (non-hydrogen) atoms. The highest BCUT2D eigenvalue weighted by molar-refractivity contribution is 5.73. The number of nitrogens with zero attached hydrogens (tertiary/aromatic N) is 2. The summed E-state index contributed by atoms with van der Waals surface area (Å²) in [4.78, 5) is 21.9. The first kappa shape index (κ1) is 9.33. The van der Waals surface area contributed by atoms with E-state index in [1.54, 1.807) is 0 Å². The number of nitroso groups, excluding NO2 is 1. The third-order valence-electron chi connectivity index (χ3n) is 3.55. The number of aliphatic carboxylic acids is 1. The minimum atomic E-state index is -0.851. The van der Waals surface area contributed by atoms with Gasteiger partial charge < -0.3 is 5.11 Å². The Bertz CT molecular complexity index is 472. The van der Waals surface area contributed by atoms with Gasteiger partial charge in [0.05, 0.1) is 23.3 Å². The molecule has 1 fully saturated rings. The molecule has 0 spiro atoms. The van der Waals surface area contributed by atoms with Gasteiger partial charge in [-0.3, -0.25) is 4.79 Å². The van der Waals surface area contributed by atoms with Crippen LogP contribution < -0.4 is 0 Å². The molecule has 5 nitrogen and oxygen atoms in total. The summed E-state index contributed by atoms with van der Waals surface area (Å²) in [7, 11) is 0. The van der Waals surface area contributed by atoms with Gasteiger partial charge in [0.1, 0.15) is 0 Å². The lowest BCUT2D eigenvalue weighted by molar-refractivity contribution is -0.142. The van der Waals surface area contributed by atoms with Crippen molar-refractivity contribution in [1.29, 1.82) is 0 Å². The maximum absolute atomic E-state index is 11.1. The molecule has 82 valence electrons. The minimum absolute atomic E-state index is 0.153. The van der Waals surface area contributed by atoms with Crippen LogP contribution in [-0.4, -0.2) is 16.1 Å². The van der Waals surface area contributed by atoms with Crippen LogP contribution in [0.3, 0.4) is 0 Å². The highest BCUT2D eigenvalue weighted by Gasteiger charge is 2.53. The molecular formula is C11H10N2O3. The third-order valence-corrected chi connectivity index (χ3v) is 3.55. The first-order chi connectivity index (χ1) is 7.74. The Balaban J connectivity index is 2.12. The molecule has 1 aromatic carbocycles. The Hall–Kier alpha value is -1.91. The van der Waals surface area contributed by atoms with Gasteiger partial charge in [-0.2, -0.15) is 0 Å². The molecule has 2 aliphatic heterocycles. The molecule has 0 radical (unpaired) electrons.